The predicted molar refractivity (Wildman–Crippen MR) is 164 cm³/mol. The molecule has 226 valence electrons. The molecule has 4 heterocycles. The molecule has 1 atom stereocenters. The number of aliphatic carboxylic acids is 1. The minimum Gasteiger partial charge on any atom is -0.481 e. The lowest BCUT2D eigenvalue weighted by atomic mass is 9.94. The number of hydrogen-bond donors (Lipinski definition) is 3. The maximum absolute atomic E-state index is 13.5. The number of H-pyrrole nitrogens is 1. The van der Waals surface area contributed by atoms with Crippen molar-refractivity contribution in [3.63, 3.8) is 0 Å². The highest BCUT2D eigenvalue weighted by atomic mass is 16.5. The average molecular weight is 588 g/mol. The standard InChI is InChI=1S/C28H30N6O3.C3H7NO2/c1-16(14-22(35)36)17-8-10-18(11-9-17)23-24-26-21(33(3)28(37)34(26)19-6-4-5-7-19)15-29-27(24)30-25(23)20-12-13-32(2)31-20;1-4-3(5)6-2/h8-13,15-16,19H,4-7,14H2,1-3H3,(H,29,30)(H,35,36);1-2H3,(H,4,5). The van der Waals surface area contributed by atoms with Gasteiger partial charge in [0.15, 0.2) is 0 Å². The number of pyridine rings is 1. The lowest BCUT2D eigenvalue weighted by molar-refractivity contribution is -0.137. The number of carbonyl (C=O) groups excluding carboxylic acids is 1. The number of amides is 1. The zero-order chi connectivity index (χ0) is 30.8. The summed E-state index contributed by atoms with van der Waals surface area (Å²) >= 11 is 0. The maximum atomic E-state index is 13.5. The van der Waals surface area contributed by atoms with E-state index in [0.29, 0.717) is 5.65 Å². The lowest BCUT2D eigenvalue weighted by Gasteiger charge is -2.13. The summed E-state index contributed by atoms with van der Waals surface area (Å²) in [7, 11) is 6.52. The van der Waals surface area contributed by atoms with Crippen LogP contribution in [-0.2, 0) is 23.6 Å². The summed E-state index contributed by atoms with van der Waals surface area (Å²) in [5.74, 6) is -0.909. The number of fused-ring (bicyclic) bond motifs is 3. The van der Waals surface area contributed by atoms with Crippen molar-refractivity contribution < 1.29 is 19.4 Å². The van der Waals surface area contributed by atoms with E-state index in [1.165, 1.54) is 14.2 Å². The number of hydrogen-bond acceptors (Lipinski definition) is 6. The molecule has 4 aromatic heterocycles. The van der Waals surface area contributed by atoms with Gasteiger partial charge in [-0.1, -0.05) is 44.0 Å². The highest BCUT2D eigenvalue weighted by Crippen LogP contribution is 2.42. The number of ether oxygens (including phenoxy) is 1. The van der Waals surface area contributed by atoms with Gasteiger partial charge in [-0.2, -0.15) is 5.10 Å². The Morgan fingerprint density at radius 1 is 1.16 bits per heavy atom. The fourth-order valence-corrected chi connectivity index (χ4v) is 5.97. The molecule has 1 amide bonds. The molecule has 0 aliphatic heterocycles. The van der Waals surface area contributed by atoms with E-state index in [2.05, 4.69) is 20.1 Å². The number of carbonyl (C=O) groups is 2. The van der Waals surface area contributed by atoms with E-state index < -0.39 is 12.1 Å². The van der Waals surface area contributed by atoms with Crippen LogP contribution in [-0.4, -0.2) is 60.2 Å². The topological polar surface area (TPSA) is 149 Å². The molecule has 6 rings (SSSR count). The van der Waals surface area contributed by atoms with Crippen molar-refractivity contribution in [3.05, 3.63) is 58.8 Å². The molecule has 1 aromatic carbocycles. The fraction of sp³-hybridized carbons (Fsp3) is 0.387. The van der Waals surface area contributed by atoms with Crippen molar-refractivity contribution in [1.82, 2.24) is 34.2 Å². The minimum atomic E-state index is -0.812. The predicted octanol–water partition coefficient (Wildman–Crippen LogP) is 4.95. The number of nitrogens with zero attached hydrogens (tertiary/aromatic N) is 5. The molecule has 0 saturated heterocycles. The van der Waals surface area contributed by atoms with Crippen LogP contribution in [0, 0.1) is 0 Å². The fourth-order valence-electron chi connectivity index (χ4n) is 5.97. The van der Waals surface area contributed by atoms with Crippen molar-refractivity contribution >= 4 is 34.1 Å². The van der Waals surface area contributed by atoms with Crippen LogP contribution in [0.1, 0.15) is 56.6 Å². The Kier molecular flexibility index (Phi) is 8.38. The van der Waals surface area contributed by atoms with Crippen molar-refractivity contribution in [1.29, 1.82) is 0 Å². The van der Waals surface area contributed by atoms with Crippen LogP contribution in [0.2, 0.25) is 0 Å². The number of imidazole rings is 1. The van der Waals surface area contributed by atoms with Gasteiger partial charge in [0, 0.05) is 38.9 Å². The number of carboxylic acids is 1. The van der Waals surface area contributed by atoms with Crippen LogP contribution < -0.4 is 11.0 Å². The van der Waals surface area contributed by atoms with Crippen molar-refractivity contribution in [2.75, 3.05) is 14.2 Å². The Morgan fingerprint density at radius 3 is 2.42 bits per heavy atom. The molecule has 3 N–H and O–H groups in total. The zero-order valence-corrected chi connectivity index (χ0v) is 25.0. The number of benzene rings is 1. The molecule has 1 saturated carbocycles. The van der Waals surface area contributed by atoms with Crippen molar-refractivity contribution in [3.8, 4) is 22.5 Å². The van der Waals surface area contributed by atoms with Crippen molar-refractivity contribution in [2.45, 2.75) is 51.0 Å². The molecule has 1 aliphatic rings. The van der Waals surface area contributed by atoms with Crippen LogP contribution in [0.15, 0.2) is 47.5 Å². The van der Waals surface area contributed by atoms with E-state index in [1.807, 2.05) is 62.1 Å². The van der Waals surface area contributed by atoms with Gasteiger partial charge in [0.25, 0.3) is 0 Å². The highest BCUT2D eigenvalue weighted by Gasteiger charge is 2.28. The molecule has 1 fully saturated rings. The smallest absolute Gasteiger partial charge is 0.406 e. The number of methoxy groups -OCH3 is 1. The summed E-state index contributed by atoms with van der Waals surface area (Å²) in [6, 6.07) is 10.2. The van der Waals surface area contributed by atoms with Gasteiger partial charge in [-0.3, -0.25) is 18.6 Å². The molecular formula is C31H37N7O5. The summed E-state index contributed by atoms with van der Waals surface area (Å²) in [6.07, 6.45) is 7.58. The zero-order valence-electron chi connectivity index (χ0n) is 25.0. The highest BCUT2D eigenvalue weighted by molar-refractivity contribution is 6.14. The second-order valence-corrected chi connectivity index (χ2v) is 11.0. The molecule has 0 spiro atoms. The van der Waals surface area contributed by atoms with E-state index in [9.17, 15) is 19.5 Å². The number of rotatable bonds is 6. The van der Waals surface area contributed by atoms with E-state index in [0.717, 1.165) is 70.2 Å². The Hall–Kier alpha value is -4.87. The van der Waals surface area contributed by atoms with Gasteiger partial charge in [0.1, 0.15) is 11.3 Å². The summed E-state index contributed by atoms with van der Waals surface area (Å²) < 4.78 is 9.60. The summed E-state index contributed by atoms with van der Waals surface area (Å²) in [5, 5.41) is 17.1. The number of carboxylic acid groups (broad SMARTS) is 1. The molecule has 43 heavy (non-hydrogen) atoms. The molecule has 0 radical (unpaired) electrons. The van der Waals surface area contributed by atoms with E-state index >= 15 is 0 Å². The SMILES string of the molecule is CC(CC(=O)O)c1ccc(-c2c(-c3ccn(C)n3)[nH]c3ncc4c(c23)n(C2CCCC2)c(=O)n4C)cc1.CNC(=O)OC. The summed E-state index contributed by atoms with van der Waals surface area (Å²) in [5.41, 5.74) is 6.92. The largest absolute Gasteiger partial charge is 0.481 e. The van der Waals surface area contributed by atoms with Crippen LogP contribution in [0.5, 0.6) is 0 Å². The third-order valence-corrected chi connectivity index (χ3v) is 8.17. The van der Waals surface area contributed by atoms with Crippen LogP contribution in [0.4, 0.5) is 4.79 Å². The first-order valence-electron chi connectivity index (χ1n) is 14.3. The maximum Gasteiger partial charge on any atom is 0.406 e. The van der Waals surface area contributed by atoms with E-state index in [4.69, 9.17) is 4.98 Å². The molecule has 1 aliphatic carbocycles. The average Bonchev–Trinajstić information content (AvgIpc) is 3.79. The summed E-state index contributed by atoms with van der Waals surface area (Å²) in [4.78, 5) is 42.8. The first-order chi connectivity index (χ1) is 20.6. The minimum absolute atomic E-state index is 0.0134. The van der Waals surface area contributed by atoms with Gasteiger partial charge in [0.2, 0.25) is 0 Å². The third-order valence-electron chi connectivity index (χ3n) is 8.17. The van der Waals surface area contributed by atoms with E-state index in [-0.39, 0.29) is 24.1 Å². The van der Waals surface area contributed by atoms with Crippen LogP contribution >= 0.6 is 0 Å². The number of aromatic nitrogens is 6. The van der Waals surface area contributed by atoms with Gasteiger partial charge < -0.3 is 20.1 Å². The first-order valence-corrected chi connectivity index (χ1v) is 14.3. The molecule has 12 nitrogen and oxygen atoms in total. The quantitative estimate of drug-likeness (QED) is 0.254. The number of nitrogens with one attached hydrogen (secondary N) is 2. The van der Waals surface area contributed by atoms with Gasteiger partial charge in [-0.15, -0.1) is 0 Å². The Labute approximate surface area is 248 Å². The molecular weight excluding hydrogens is 550 g/mol. The monoisotopic (exact) mass is 587 g/mol. The Morgan fingerprint density at radius 2 is 1.86 bits per heavy atom. The number of aromatic amines is 1. The third kappa shape index (κ3) is 5.64. The van der Waals surface area contributed by atoms with Gasteiger partial charge in [-0.05, 0) is 36.0 Å². The van der Waals surface area contributed by atoms with Gasteiger partial charge >= 0.3 is 17.8 Å². The first kappa shape index (κ1) is 29.6. The molecule has 5 aromatic rings. The van der Waals surface area contributed by atoms with Gasteiger partial charge in [-0.25, -0.2) is 14.6 Å². The Bertz CT molecular complexity index is 1830. The van der Waals surface area contributed by atoms with Crippen LogP contribution in [0.3, 0.4) is 0 Å². The van der Waals surface area contributed by atoms with Gasteiger partial charge in [0.05, 0.1) is 41.8 Å². The van der Waals surface area contributed by atoms with E-state index in [1.54, 1.807) is 15.4 Å². The van der Waals surface area contributed by atoms with Crippen LogP contribution in [0.25, 0.3) is 44.6 Å². The second-order valence-electron chi connectivity index (χ2n) is 11.0. The molecule has 12 heteroatoms. The molecule has 0 bridgehead atoms. The molecule has 1 unspecified atom stereocenters. The second kappa shape index (κ2) is 12.2. The van der Waals surface area contributed by atoms with Crippen molar-refractivity contribution in [2.24, 2.45) is 14.1 Å². The number of aryl methyl sites for hydroxylation is 2. The summed E-state index contributed by atoms with van der Waals surface area (Å²) in [6.45, 7) is 1.92. The number of alkyl carbamates (subject to hydrolysis) is 1. The lowest BCUT2D eigenvalue weighted by Crippen LogP contribution is -2.24. The Balaban J connectivity index is 0.000000559. The normalized spacial score (nSPS) is 14.1.